The molecule has 1 unspecified atom stereocenters. The molecule has 0 fully saturated rings. The fraction of sp³-hybridized carbons (Fsp3) is 0.435. The predicted molar refractivity (Wildman–Crippen MR) is 109 cm³/mol. The zero-order chi connectivity index (χ0) is 20.9. The Balaban J connectivity index is 2.27. The van der Waals surface area contributed by atoms with E-state index in [0.29, 0.717) is 11.5 Å². The van der Waals surface area contributed by atoms with Gasteiger partial charge in [-0.2, -0.15) is 0 Å². The van der Waals surface area contributed by atoms with Gasteiger partial charge in [0.2, 0.25) is 0 Å². The van der Waals surface area contributed by atoms with Crippen LogP contribution in [0.4, 0.5) is 8.78 Å². The third-order valence-electron chi connectivity index (χ3n) is 4.85. The van der Waals surface area contributed by atoms with Crippen molar-refractivity contribution in [2.75, 3.05) is 0 Å². The largest absolute Gasteiger partial charge is 0.586 e. The van der Waals surface area contributed by atoms with Crippen LogP contribution in [0, 0.1) is 17.2 Å². The molecule has 3 nitrogen and oxygen atoms in total. The van der Waals surface area contributed by atoms with Crippen molar-refractivity contribution in [2.45, 2.75) is 52.7 Å². The van der Waals surface area contributed by atoms with E-state index < -0.39 is 6.29 Å². The number of halogens is 2. The Hall–Kier alpha value is -2.43. The van der Waals surface area contributed by atoms with Gasteiger partial charge in [-0.05, 0) is 66.5 Å². The highest BCUT2D eigenvalue weighted by molar-refractivity contribution is 6.07. The Morgan fingerprint density at radius 3 is 2.50 bits per heavy atom. The number of nitrogens with one attached hydrogen (secondary N) is 1. The Morgan fingerprint density at radius 1 is 1.21 bits per heavy atom. The van der Waals surface area contributed by atoms with Crippen LogP contribution in [-0.2, 0) is 0 Å². The molecule has 0 aromatic heterocycles. The lowest BCUT2D eigenvalue weighted by Gasteiger charge is -2.23. The summed E-state index contributed by atoms with van der Waals surface area (Å²) < 4.78 is 35.4. The van der Waals surface area contributed by atoms with Gasteiger partial charge < -0.3 is 14.9 Å². The zero-order valence-electron chi connectivity index (χ0n) is 16.9. The van der Waals surface area contributed by atoms with Crippen LogP contribution in [-0.4, -0.2) is 12.0 Å². The molecule has 152 valence electrons. The van der Waals surface area contributed by atoms with Crippen LogP contribution in [0.1, 0.15) is 52.0 Å². The second-order valence-electron chi connectivity index (χ2n) is 7.37. The van der Waals surface area contributed by atoms with Gasteiger partial charge >= 0.3 is 6.29 Å². The highest BCUT2D eigenvalue weighted by Crippen LogP contribution is 2.41. The number of hydrogen-bond acceptors (Lipinski definition) is 3. The van der Waals surface area contributed by atoms with E-state index in [4.69, 9.17) is 5.41 Å². The SMILES string of the molecule is C=CCCC(CCC)C(=C)/C(=C\C(=N)c1ccc2c(c1)OC(F)(F)O2)C(C)C. The first kappa shape index (κ1) is 21.9. The second-order valence-corrected chi connectivity index (χ2v) is 7.37. The number of hydrogen-bond donors (Lipinski definition) is 1. The lowest BCUT2D eigenvalue weighted by Crippen LogP contribution is -2.25. The van der Waals surface area contributed by atoms with Crippen LogP contribution in [0.25, 0.3) is 0 Å². The van der Waals surface area contributed by atoms with Gasteiger partial charge in [0.25, 0.3) is 0 Å². The molecule has 1 aromatic carbocycles. The molecule has 1 aliphatic rings. The summed E-state index contributed by atoms with van der Waals surface area (Å²) in [5.41, 5.74) is 2.76. The summed E-state index contributed by atoms with van der Waals surface area (Å²) in [4.78, 5) is 0. The highest BCUT2D eigenvalue weighted by atomic mass is 19.3. The Morgan fingerprint density at radius 2 is 1.89 bits per heavy atom. The number of ether oxygens (including phenoxy) is 2. The maximum Gasteiger partial charge on any atom is 0.586 e. The van der Waals surface area contributed by atoms with Gasteiger partial charge in [-0.1, -0.05) is 39.8 Å². The Labute approximate surface area is 166 Å². The topological polar surface area (TPSA) is 42.3 Å². The van der Waals surface area contributed by atoms with E-state index in [2.05, 4.69) is 43.4 Å². The normalized spacial score (nSPS) is 16.1. The minimum atomic E-state index is -3.66. The van der Waals surface area contributed by atoms with Gasteiger partial charge in [-0.25, -0.2) is 0 Å². The van der Waals surface area contributed by atoms with Crippen LogP contribution in [0.5, 0.6) is 11.5 Å². The third kappa shape index (κ3) is 5.31. The summed E-state index contributed by atoms with van der Waals surface area (Å²) in [6.45, 7) is 14.4. The average Bonchev–Trinajstić information content (AvgIpc) is 2.94. The molecule has 0 bridgehead atoms. The maximum atomic E-state index is 13.2. The van der Waals surface area contributed by atoms with Gasteiger partial charge in [0, 0.05) is 5.56 Å². The van der Waals surface area contributed by atoms with Gasteiger partial charge in [0.05, 0.1) is 5.71 Å². The van der Waals surface area contributed by atoms with Crippen molar-refractivity contribution in [3.63, 3.8) is 0 Å². The van der Waals surface area contributed by atoms with E-state index in [9.17, 15) is 8.78 Å². The Bertz CT molecular complexity index is 781. The quantitative estimate of drug-likeness (QED) is 0.269. The summed E-state index contributed by atoms with van der Waals surface area (Å²) in [5, 5.41) is 8.47. The minimum absolute atomic E-state index is 0.0218. The molecule has 0 saturated heterocycles. The van der Waals surface area contributed by atoms with E-state index in [0.717, 1.165) is 36.8 Å². The summed E-state index contributed by atoms with van der Waals surface area (Å²) >= 11 is 0. The molecule has 0 amide bonds. The van der Waals surface area contributed by atoms with Crippen molar-refractivity contribution in [3.8, 4) is 11.5 Å². The van der Waals surface area contributed by atoms with Gasteiger partial charge in [-0.15, -0.1) is 15.4 Å². The van der Waals surface area contributed by atoms with Crippen molar-refractivity contribution in [1.82, 2.24) is 0 Å². The van der Waals surface area contributed by atoms with Crippen LogP contribution in [0.2, 0.25) is 0 Å². The summed E-state index contributed by atoms with van der Waals surface area (Å²) in [6, 6.07) is 4.41. The fourth-order valence-corrected chi connectivity index (χ4v) is 3.38. The average molecular weight is 389 g/mol. The zero-order valence-corrected chi connectivity index (χ0v) is 16.9. The monoisotopic (exact) mass is 389 g/mol. The van der Waals surface area contributed by atoms with Crippen molar-refractivity contribution in [2.24, 2.45) is 11.8 Å². The van der Waals surface area contributed by atoms with Crippen LogP contribution >= 0.6 is 0 Å². The van der Waals surface area contributed by atoms with Crippen molar-refractivity contribution >= 4 is 5.71 Å². The van der Waals surface area contributed by atoms with Crippen LogP contribution < -0.4 is 9.47 Å². The Kier molecular flexibility index (Phi) is 7.17. The molecule has 1 N–H and O–H groups in total. The molecule has 0 saturated carbocycles. The van der Waals surface area contributed by atoms with Gasteiger partial charge in [0.15, 0.2) is 11.5 Å². The molecular weight excluding hydrogens is 360 g/mol. The number of alkyl halides is 2. The minimum Gasteiger partial charge on any atom is -0.395 e. The number of fused-ring (bicyclic) bond motifs is 1. The maximum absolute atomic E-state index is 13.2. The number of rotatable bonds is 10. The first-order valence-corrected chi connectivity index (χ1v) is 9.69. The lowest BCUT2D eigenvalue weighted by molar-refractivity contribution is -0.286. The lowest BCUT2D eigenvalue weighted by atomic mass is 9.82. The summed E-state index contributed by atoms with van der Waals surface area (Å²) in [5.74, 6) is 0.445. The molecule has 1 atom stereocenters. The standard InChI is InChI=1S/C23H29F2NO2/c1-6-8-10-17(9-7-2)16(5)19(15(3)4)14-20(26)18-11-12-21-22(13-18)28-23(24,25)27-21/h6,11-15,17,26H,1,5,7-10H2,2-4H3/b19-14-,26-20?. The van der Waals surface area contributed by atoms with E-state index in [1.54, 1.807) is 12.1 Å². The van der Waals surface area contributed by atoms with Gasteiger partial charge in [-0.3, -0.25) is 0 Å². The van der Waals surface area contributed by atoms with Crippen molar-refractivity contribution in [3.05, 3.63) is 60.2 Å². The molecule has 1 heterocycles. The van der Waals surface area contributed by atoms with Gasteiger partial charge in [0.1, 0.15) is 0 Å². The molecule has 0 aliphatic carbocycles. The molecule has 2 rings (SSSR count). The number of benzene rings is 1. The van der Waals surface area contributed by atoms with E-state index in [1.807, 2.05) is 6.08 Å². The summed E-state index contributed by atoms with van der Waals surface area (Å²) in [6.07, 6.45) is 4.03. The van der Waals surface area contributed by atoms with E-state index in [-0.39, 0.29) is 23.1 Å². The highest BCUT2D eigenvalue weighted by Gasteiger charge is 2.43. The van der Waals surface area contributed by atoms with Crippen LogP contribution in [0.15, 0.2) is 54.7 Å². The second kappa shape index (κ2) is 9.18. The van der Waals surface area contributed by atoms with E-state index >= 15 is 0 Å². The molecule has 28 heavy (non-hydrogen) atoms. The molecule has 0 radical (unpaired) electrons. The molecule has 5 heteroatoms. The molecule has 1 aromatic rings. The third-order valence-corrected chi connectivity index (χ3v) is 4.85. The first-order chi connectivity index (χ1) is 13.2. The number of allylic oxidation sites excluding steroid dienone is 4. The molecule has 1 aliphatic heterocycles. The predicted octanol–water partition coefficient (Wildman–Crippen LogP) is 6.90. The van der Waals surface area contributed by atoms with Crippen molar-refractivity contribution < 1.29 is 18.3 Å². The molecule has 0 spiro atoms. The molecular formula is C23H29F2NO2. The first-order valence-electron chi connectivity index (χ1n) is 9.69. The van der Waals surface area contributed by atoms with Crippen LogP contribution in [0.3, 0.4) is 0 Å². The fourth-order valence-electron chi connectivity index (χ4n) is 3.38. The van der Waals surface area contributed by atoms with Crippen molar-refractivity contribution in [1.29, 1.82) is 5.41 Å². The smallest absolute Gasteiger partial charge is 0.395 e. The summed E-state index contributed by atoms with van der Waals surface area (Å²) in [7, 11) is 0. The van der Waals surface area contributed by atoms with E-state index in [1.165, 1.54) is 12.1 Å².